The number of carbonyl (C=O) groups is 10. The van der Waals surface area contributed by atoms with Crippen LogP contribution in [-0.4, -0.2) is 178 Å². The molecule has 34 heteroatoms. The fraction of sp³-hybridized carbons (Fsp3) is 0.297. The number of nitrogens with zero attached hydrogens (tertiary/aromatic N) is 4. The first-order valence-electron chi connectivity index (χ1n) is 32.6. The number of sulfonamides is 1. The Balaban J connectivity index is 0.000000562. The van der Waals surface area contributed by atoms with Crippen LogP contribution in [0.5, 0.6) is 0 Å². The van der Waals surface area contributed by atoms with E-state index in [0.717, 1.165) is 70.8 Å². The van der Waals surface area contributed by atoms with Crippen LogP contribution in [0.3, 0.4) is 0 Å². The molecule has 0 aliphatic carbocycles. The van der Waals surface area contributed by atoms with Gasteiger partial charge in [-0.25, -0.2) is 42.1 Å². The molecule has 576 valence electrons. The topological polar surface area (TPSA) is 467 Å². The number of Topliss-reactive ketones (excluding diaryl/α,β-unsaturated/α-hetero) is 6. The molecule has 1 saturated heterocycles. The minimum atomic E-state index is -3.86. The van der Waals surface area contributed by atoms with Gasteiger partial charge in [-0.05, 0) is 120 Å². The number of ketones is 6. The van der Waals surface area contributed by atoms with Crippen LogP contribution in [0.15, 0.2) is 172 Å². The Morgan fingerprint density at radius 2 is 0.833 bits per heavy atom. The van der Waals surface area contributed by atoms with Gasteiger partial charge in [0.25, 0.3) is 0 Å². The zero-order valence-electron chi connectivity index (χ0n) is 57.5. The van der Waals surface area contributed by atoms with Crippen LogP contribution >= 0.6 is 31.9 Å². The van der Waals surface area contributed by atoms with Crippen molar-refractivity contribution in [1.29, 1.82) is 0 Å². The molecule has 0 radical (unpaired) electrons. The van der Waals surface area contributed by atoms with Crippen LogP contribution < -0.4 is 21.3 Å². The lowest BCUT2D eigenvalue weighted by atomic mass is 10.0. The molecule has 0 spiro atoms. The molecule has 1 aliphatic heterocycles. The number of rotatable bonds is 39. The summed E-state index contributed by atoms with van der Waals surface area (Å²) in [5.41, 5.74) is 19.7. The average molecular weight is 1660 g/mol. The zero-order valence-corrected chi connectivity index (χ0v) is 62.3. The normalized spacial score (nSPS) is 11.9. The quantitative estimate of drug-likeness (QED) is 0.00952. The molecule has 1 aliphatic rings. The lowest BCUT2D eigenvalue weighted by molar-refractivity contribution is -0.174. The molecule has 6 aromatic carbocycles. The molecule has 0 amide bonds. The fourth-order valence-electron chi connectivity index (χ4n) is 9.87. The Bertz CT molecular complexity index is 4420. The number of nitrogens with one attached hydrogen (secondary N) is 1. The summed E-state index contributed by atoms with van der Waals surface area (Å²) in [7, 11) is -3.86. The maximum Gasteiger partial charge on any atom is 0.339 e. The third kappa shape index (κ3) is 33.2. The second kappa shape index (κ2) is 46.5. The third-order valence-corrected chi connectivity index (χ3v) is 17.1. The highest BCUT2D eigenvalue weighted by molar-refractivity contribution is 9.10. The van der Waals surface area contributed by atoms with Crippen molar-refractivity contribution >= 4 is 117 Å². The van der Waals surface area contributed by atoms with Crippen molar-refractivity contribution in [1.82, 2.24) is 19.6 Å². The number of cyclic esters (lactones) is 2. The van der Waals surface area contributed by atoms with Gasteiger partial charge in [-0.1, -0.05) is 112 Å². The van der Waals surface area contributed by atoms with Crippen molar-refractivity contribution in [3.05, 3.63) is 200 Å². The van der Waals surface area contributed by atoms with Gasteiger partial charge in [-0.15, -0.1) is 0 Å². The number of carboxylic acid groups (broad SMARTS) is 2. The Hall–Kier alpha value is -9.66. The van der Waals surface area contributed by atoms with Gasteiger partial charge in [-0.3, -0.25) is 33.0 Å². The molecule has 3 heterocycles. The van der Waals surface area contributed by atoms with E-state index in [1.54, 1.807) is 41.1 Å². The van der Waals surface area contributed by atoms with E-state index in [4.69, 9.17) is 35.0 Å². The van der Waals surface area contributed by atoms with Crippen LogP contribution in [0.2, 0.25) is 0 Å². The van der Waals surface area contributed by atoms with E-state index in [2.05, 4.69) is 67.0 Å². The zero-order chi connectivity index (χ0) is 77.8. The van der Waals surface area contributed by atoms with Gasteiger partial charge >= 0.3 is 23.9 Å². The van der Waals surface area contributed by atoms with Crippen LogP contribution in [0, 0.1) is 0 Å². The summed E-state index contributed by atoms with van der Waals surface area (Å²) in [5.74, 6) is -4.96. The monoisotopic (exact) mass is 1660 g/mol. The highest BCUT2D eigenvalue weighted by atomic mass is 79.9. The number of anilines is 1. The van der Waals surface area contributed by atoms with Crippen LogP contribution in [0.1, 0.15) is 79.6 Å². The first-order valence-corrected chi connectivity index (χ1v) is 36.8. The number of carboxylic acids is 2. The molecule has 1 atom stereocenters. The van der Waals surface area contributed by atoms with Crippen molar-refractivity contribution < 1.29 is 104 Å². The Labute approximate surface area is 641 Å². The van der Waals surface area contributed by atoms with Crippen molar-refractivity contribution in [3.63, 3.8) is 0 Å². The Kier molecular flexibility index (Phi) is 38.3. The maximum atomic E-state index is 12.7. The first-order chi connectivity index (χ1) is 51.1. The number of hydrogen-bond donors (Lipinski definition) is 6. The number of aliphatic carboxylic acids is 2. The summed E-state index contributed by atoms with van der Waals surface area (Å²) >= 11 is 4.53. The summed E-state index contributed by atoms with van der Waals surface area (Å²) in [5, 5.41) is 31.6. The van der Waals surface area contributed by atoms with Crippen LogP contribution in [0.25, 0.3) is 33.9 Å². The SMILES string of the molecule is C.NCN.NS(=O)(=O)c1ccc(-n2nc(Cc3ccc(CC(=O)COCC(=O)CCCC(=O)COCC(=O)Cc4ccc(Cc5cc(-c6ccc(Br)cc6)n(-c6ccc(NS(=O)[O-])cc6)n5)cc4)cc3)cc2-c2ccc(Br)cc2)cc1.O=C(O)COCC(=O)CCCC(=O)COCC(=O)O.O=C1COCC(=O)O1. The summed E-state index contributed by atoms with van der Waals surface area (Å²) in [6.45, 7) is -2.58. The van der Waals surface area contributed by atoms with Crippen molar-refractivity contribution in [2.24, 2.45) is 16.6 Å². The van der Waals surface area contributed by atoms with Crippen molar-refractivity contribution in [2.75, 3.05) is 77.5 Å². The largest absolute Gasteiger partial charge is 0.755 e. The van der Waals surface area contributed by atoms with Crippen molar-refractivity contribution in [3.8, 4) is 33.9 Å². The van der Waals surface area contributed by atoms with E-state index in [1.807, 2.05) is 114 Å². The summed E-state index contributed by atoms with van der Waals surface area (Å²) < 4.78 is 82.2. The number of benzene rings is 6. The molecule has 30 nitrogen and oxygen atoms in total. The van der Waals surface area contributed by atoms with Gasteiger partial charge in [0.2, 0.25) is 10.0 Å². The summed E-state index contributed by atoms with van der Waals surface area (Å²) in [4.78, 5) is 113. The van der Waals surface area contributed by atoms with E-state index in [1.165, 1.54) is 12.1 Å². The molecule has 1 fully saturated rings. The van der Waals surface area contributed by atoms with Gasteiger partial charge in [-0.2, -0.15) is 10.2 Å². The second-order valence-corrected chi connectivity index (χ2v) is 27.5. The Morgan fingerprint density at radius 1 is 0.509 bits per heavy atom. The van der Waals surface area contributed by atoms with E-state index in [0.29, 0.717) is 30.6 Å². The van der Waals surface area contributed by atoms with Gasteiger partial charge in [0.1, 0.15) is 66.1 Å². The van der Waals surface area contributed by atoms with E-state index in [-0.39, 0.29) is 151 Å². The van der Waals surface area contributed by atoms with Gasteiger partial charge < -0.3 is 59.4 Å². The van der Waals surface area contributed by atoms with Crippen LogP contribution in [-0.2, 0) is 123 Å². The van der Waals surface area contributed by atoms with E-state index < -0.39 is 58.4 Å². The van der Waals surface area contributed by atoms with Gasteiger partial charge in [0.05, 0.1) is 39.0 Å². The number of ether oxygens (including phenoxy) is 6. The molecule has 9 rings (SSSR count). The minimum Gasteiger partial charge on any atom is -0.755 e. The predicted molar refractivity (Wildman–Crippen MR) is 401 cm³/mol. The average Bonchev–Trinajstić information content (AvgIpc) is 1.68. The molecule has 0 saturated carbocycles. The molecular formula is C74H81Br2N8O22S2-. The molecule has 9 N–H and O–H groups in total. The smallest absolute Gasteiger partial charge is 0.339 e. The van der Waals surface area contributed by atoms with E-state index >= 15 is 0 Å². The lowest BCUT2D eigenvalue weighted by Gasteiger charge is -2.11. The molecule has 1 unspecified atom stereocenters. The lowest BCUT2D eigenvalue weighted by Crippen LogP contribution is -2.28. The molecular weight excluding hydrogens is 1580 g/mol. The summed E-state index contributed by atoms with van der Waals surface area (Å²) in [6, 6.07) is 47.9. The summed E-state index contributed by atoms with van der Waals surface area (Å²) in [6.07, 6.45) is 2.24. The molecule has 0 bridgehead atoms. The van der Waals surface area contributed by atoms with Crippen LogP contribution in [0.4, 0.5) is 5.69 Å². The molecule has 8 aromatic rings. The first kappa shape index (κ1) is 89.0. The number of esters is 2. The maximum absolute atomic E-state index is 12.7. The number of hydrogen-bond acceptors (Lipinski definition) is 24. The standard InChI is InChI=1S/C57H52Br2N6O10S2.C11H16O8.C4H4O4.CH6N2.CH4/c58-44-16-12-42(13-17-44)56-32-47(61-64(56)49-22-20-46(21-23-49)63-76(70)71)28-38-4-8-40(9-5-38)30-53(68)36-74-34-51(66)2-1-3-52(67)35-75-37-54(69)31-41-10-6-39(7-11-41)29-48-33-57(43-14-18-45(59)19-15-43)65(62-48)50-24-26-55(27-25-50)77(60,72)73;12-8(4-18-6-10(14)15)2-1-3-9(13)5-19-7-11(16)17;5-3-1-7-2-4(6)8-3;2-1-3;/h4-27,32-33,63H,1-3,28-31,34-37H2,(H,70,71)(H2,60,72,73);1-7H2,(H,14,15)(H,16,17);1-2H2;1-3H2;1H4/p-1. The second-order valence-electron chi connectivity index (χ2n) is 23.4. The fourth-order valence-corrected chi connectivity index (χ4v) is 11.2. The highest BCUT2D eigenvalue weighted by Crippen LogP contribution is 2.30. The molecule has 108 heavy (non-hydrogen) atoms. The number of primary sulfonamides is 1. The number of aromatic nitrogens is 4. The number of carbonyl (C=O) groups excluding carboxylic acids is 8. The third-order valence-electron chi connectivity index (χ3n) is 14.7. The Morgan fingerprint density at radius 3 is 1.15 bits per heavy atom. The predicted octanol–water partition coefficient (Wildman–Crippen LogP) is 7.30. The van der Waals surface area contributed by atoms with Gasteiger partial charge in [0, 0.05) is 95.1 Å². The van der Waals surface area contributed by atoms with E-state index in [9.17, 15) is 65.1 Å². The van der Waals surface area contributed by atoms with Crippen molar-refractivity contribution in [2.45, 2.75) is 76.5 Å². The number of nitrogens with two attached hydrogens (primary N) is 3. The number of halogens is 2. The highest BCUT2D eigenvalue weighted by Gasteiger charge is 2.20. The molecule has 2 aromatic heterocycles. The van der Waals surface area contributed by atoms with Gasteiger partial charge in [0.15, 0.2) is 34.7 Å². The minimum absolute atomic E-state index is 0.